The fourth-order valence-corrected chi connectivity index (χ4v) is 3.54. The number of ether oxygens (including phenoxy) is 1. The molecule has 1 fully saturated rings. The predicted molar refractivity (Wildman–Crippen MR) is 121 cm³/mol. The molecular weight excluding hydrogens is 455 g/mol. The van der Waals surface area contributed by atoms with Gasteiger partial charge in [-0.2, -0.15) is 0 Å². The first-order chi connectivity index (χ1) is 12.7. The molecule has 0 saturated carbocycles. The number of guanidine groups is 1. The molecule has 1 atom stereocenters. The molecule has 0 radical (unpaired) electrons. The Morgan fingerprint density at radius 1 is 1.30 bits per heavy atom. The van der Waals surface area contributed by atoms with Crippen molar-refractivity contribution in [3.63, 3.8) is 0 Å². The van der Waals surface area contributed by atoms with Crippen LogP contribution in [0.25, 0.3) is 0 Å². The molecule has 27 heavy (non-hydrogen) atoms. The lowest BCUT2D eigenvalue weighted by molar-refractivity contribution is 0.127. The van der Waals surface area contributed by atoms with E-state index in [1.54, 1.807) is 7.05 Å². The van der Waals surface area contributed by atoms with Crippen LogP contribution in [0.15, 0.2) is 41.4 Å². The summed E-state index contributed by atoms with van der Waals surface area (Å²) in [5.74, 6) is 0.780. The number of aliphatic imine (C=N–C) groups is 1. The van der Waals surface area contributed by atoms with Crippen LogP contribution in [0.4, 0.5) is 5.69 Å². The highest BCUT2D eigenvalue weighted by molar-refractivity contribution is 14.0. The fourth-order valence-electron chi connectivity index (χ4n) is 3.54. The van der Waals surface area contributed by atoms with Crippen molar-refractivity contribution in [1.82, 2.24) is 10.6 Å². The van der Waals surface area contributed by atoms with Gasteiger partial charge in [0, 0.05) is 57.5 Å². The van der Waals surface area contributed by atoms with Crippen LogP contribution in [0, 0.1) is 5.41 Å². The molecule has 0 bridgehead atoms. The minimum absolute atomic E-state index is 0. The van der Waals surface area contributed by atoms with Gasteiger partial charge >= 0.3 is 0 Å². The molecule has 0 spiro atoms. The van der Waals surface area contributed by atoms with E-state index in [2.05, 4.69) is 56.9 Å². The van der Waals surface area contributed by atoms with Gasteiger partial charge in [-0.3, -0.25) is 4.99 Å². The zero-order chi connectivity index (χ0) is 18.2. The van der Waals surface area contributed by atoms with Crippen molar-refractivity contribution >= 4 is 35.6 Å². The minimum atomic E-state index is 0. The smallest absolute Gasteiger partial charge is 0.191 e. The van der Waals surface area contributed by atoms with Crippen molar-refractivity contribution in [3.8, 4) is 0 Å². The molecule has 1 saturated heterocycles. The highest BCUT2D eigenvalue weighted by Crippen LogP contribution is 2.31. The summed E-state index contributed by atoms with van der Waals surface area (Å²) in [5, 5.41) is 16.1. The molecule has 2 aliphatic rings. The average molecular weight is 486 g/mol. The maximum absolute atomic E-state index is 9.34. The Hall–Kier alpha value is -1.32. The number of hydrogen-bond acceptors (Lipinski definition) is 4. The van der Waals surface area contributed by atoms with E-state index < -0.39 is 0 Å². The topological polar surface area (TPSA) is 69.1 Å². The summed E-state index contributed by atoms with van der Waals surface area (Å²) in [6.07, 6.45) is 6.13. The molecule has 2 aliphatic heterocycles. The molecule has 0 amide bonds. The molecule has 1 aromatic carbocycles. The number of nitrogens with zero attached hydrogens (tertiary/aromatic N) is 2. The molecule has 2 heterocycles. The summed E-state index contributed by atoms with van der Waals surface area (Å²) in [5.41, 5.74) is 2.49. The third-order valence-corrected chi connectivity index (χ3v) is 5.24. The van der Waals surface area contributed by atoms with Crippen molar-refractivity contribution in [1.29, 1.82) is 0 Å². The van der Waals surface area contributed by atoms with Crippen LogP contribution in [0.2, 0.25) is 0 Å². The second kappa shape index (κ2) is 10.9. The molecule has 1 unspecified atom stereocenters. The molecule has 150 valence electrons. The maximum atomic E-state index is 9.34. The van der Waals surface area contributed by atoms with Crippen molar-refractivity contribution < 1.29 is 9.84 Å². The summed E-state index contributed by atoms with van der Waals surface area (Å²) in [6.45, 7) is 5.10. The number of hydrogen-bond donors (Lipinski definition) is 3. The van der Waals surface area contributed by atoms with Crippen LogP contribution < -0.4 is 15.5 Å². The van der Waals surface area contributed by atoms with Crippen molar-refractivity contribution in [2.45, 2.75) is 19.4 Å². The number of halogens is 1. The summed E-state index contributed by atoms with van der Waals surface area (Å²) in [6, 6.07) is 8.62. The minimum Gasteiger partial charge on any atom is -0.396 e. The Labute approximate surface area is 179 Å². The van der Waals surface area contributed by atoms with E-state index in [9.17, 15) is 5.11 Å². The Kier molecular flexibility index (Phi) is 8.85. The first kappa shape index (κ1) is 22.0. The van der Waals surface area contributed by atoms with Gasteiger partial charge in [0.25, 0.3) is 0 Å². The third-order valence-electron chi connectivity index (χ3n) is 5.24. The highest BCUT2D eigenvalue weighted by Gasteiger charge is 2.34. The Balaban J connectivity index is 0.00000261. The fraction of sp³-hybridized carbons (Fsp3) is 0.550. The lowest BCUT2D eigenvalue weighted by Crippen LogP contribution is -2.44. The van der Waals surface area contributed by atoms with Gasteiger partial charge in [-0.1, -0.05) is 24.3 Å². The predicted octanol–water partition coefficient (Wildman–Crippen LogP) is 2.13. The summed E-state index contributed by atoms with van der Waals surface area (Å²) in [4.78, 5) is 6.67. The van der Waals surface area contributed by atoms with Crippen LogP contribution in [0.1, 0.15) is 18.4 Å². The standard InChI is InChI=1S/C20H30N4O2.HI/c1-21-19(23-15-20(7-11-25)8-12-26-16-20)22-14-17-5-4-6-18(13-17)24-9-2-3-10-24;/h2-6,13,25H,7-12,14-16H2,1H3,(H2,21,22,23);1H. The van der Waals surface area contributed by atoms with Gasteiger partial charge in [-0.25, -0.2) is 0 Å². The van der Waals surface area contributed by atoms with E-state index in [1.807, 2.05) is 0 Å². The highest BCUT2D eigenvalue weighted by atomic mass is 127. The summed E-state index contributed by atoms with van der Waals surface area (Å²) < 4.78 is 5.55. The monoisotopic (exact) mass is 486 g/mol. The molecule has 7 heteroatoms. The second-order valence-electron chi connectivity index (χ2n) is 7.10. The normalized spacial score (nSPS) is 22.0. The Morgan fingerprint density at radius 2 is 2.11 bits per heavy atom. The van der Waals surface area contributed by atoms with Gasteiger partial charge < -0.3 is 25.4 Å². The number of anilines is 1. The molecule has 0 aliphatic carbocycles. The number of aliphatic hydroxyl groups excluding tert-OH is 1. The molecule has 3 N–H and O–H groups in total. The zero-order valence-electron chi connectivity index (χ0n) is 16.0. The van der Waals surface area contributed by atoms with Crippen molar-refractivity contribution in [3.05, 3.63) is 42.0 Å². The first-order valence-electron chi connectivity index (χ1n) is 9.37. The van der Waals surface area contributed by atoms with Crippen LogP contribution >= 0.6 is 24.0 Å². The van der Waals surface area contributed by atoms with Gasteiger partial charge in [0.2, 0.25) is 0 Å². The quantitative estimate of drug-likeness (QED) is 0.239. The van der Waals surface area contributed by atoms with Gasteiger partial charge in [-0.15, -0.1) is 24.0 Å². The maximum Gasteiger partial charge on any atom is 0.191 e. The van der Waals surface area contributed by atoms with E-state index in [-0.39, 0.29) is 36.0 Å². The van der Waals surface area contributed by atoms with Gasteiger partial charge in [0.05, 0.1) is 6.61 Å². The van der Waals surface area contributed by atoms with E-state index in [1.165, 1.54) is 11.3 Å². The van der Waals surface area contributed by atoms with E-state index in [0.717, 1.165) is 51.6 Å². The van der Waals surface area contributed by atoms with Gasteiger partial charge in [0.1, 0.15) is 0 Å². The number of nitrogens with one attached hydrogen (secondary N) is 2. The summed E-state index contributed by atoms with van der Waals surface area (Å²) >= 11 is 0. The molecule has 6 nitrogen and oxygen atoms in total. The molecule has 0 aromatic heterocycles. The van der Waals surface area contributed by atoms with Crippen LogP contribution in [0.3, 0.4) is 0 Å². The molecule has 3 rings (SSSR count). The summed E-state index contributed by atoms with van der Waals surface area (Å²) in [7, 11) is 1.78. The largest absolute Gasteiger partial charge is 0.396 e. The van der Waals surface area contributed by atoms with Crippen LogP contribution in [0.5, 0.6) is 0 Å². The van der Waals surface area contributed by atoms with Crippen LogP contribution in [-0.4, -0.2) is 57.6 Å². The lowest BCUT2D eigenvalue weighted by Gasteiger charge is -2.27. The molecular formula is C20H31IN4O2. The molecule has 1 aromatic rings. The van der Waals surface area contributed by atoms with Crippen LogP contribution in [-0.2, 0) is 11.3 Å². The van der Waals surface area contributed by atoms with Gasteiger partial charge in [0.15, 0.2) is 5.96 Å². The van der Waals surface area contributed by atoms with Gasteiger partial charge in [-0.05, 0) is 30.5 Å². The average Bonchev–Trinajstić information content (AvgIpc) is 3.35. The SMILES string of the molecule is CN=C(NCc1cccc(N2CC=CC2)c1)NCC1(CCO)CCOC1.I. The first-order valence-corrected chi connectivity index (χ1v) is 9.37. The number of rotatable bonds is 7. The van der Waals surface area contributed by atoms with E-state index in [0.29, 0.717) is 6.61 Å². The second-order valence-corrected chi connectivity index (χ2v) is 7.10. The van der Waals surface area contributed by atoms with E-state index >= 15 is 0 Å². The lowest BCUT2D eigenvalue weighted by atomic mass is 9.84. The zero-order valence-corrected chi connectivity index (χ0v) is 18.3. The Morgan fingerprint density at radius 3 is 2.78 bits per heavy atom. The number of benzene rings is 1. The third kappa shape index (κ3) is 6.08. The van der Waals surface area contributed by atoms with Crippen molar-refractivity contribution in [2.75, 3.05) is 51.4 Å². The van der Waals surface area contributed by atoms with Crippen molar-refractivity contribution in [2.24, 2.45) is 10.4 Å². The van der Waals surface area contributed by atoms with E-state index in [4.69, 9.17) is 4.74 Å². The Bertz CT molecular complexity index is 637. The number of aliphatic hydroxyl groups is 1.